The van der Waals surface area contributed by atoms with Crippen LogP contribution in [0.1, 0.15) is 79.4 Å². The highest BCUT2D eigenvalue weighted by Crippen LogP contribution is 2.51. The maximum Gasteiger partial charge on any atom is 0.274 e. The zero-order valence-electron chi connectivity index (χ0n) is 21.9. The van der Waals surface area contributed by atoms with E-state index in [-0.39, 0.29) is 23.3 Å². The van der Waals surface area contributed by atoms with Crippen LogP contribution >= 0.6 is 0 Å². The number of nitrogens with zero attached hydrogens (tertiary/aromatic N) is 3. The lowest BCUT2D eigenvalue weighted by molar-refractivity contribution is -0.125. The first-order valence-electron chi connectivity index (χ1n) is 13.5. The van der Waals surface area contributed by atoms with Gasteiger partial charge in [0.1, 0.15) is 17.1 Å². The third-order valence-electron chi connectivity index (χ3n) is 8.18. The summed E-state index contributed by atoms with van der Waals surface area (Å²) in [6.45, 7) is 1.80. The van der Waals surface area contributed by atoms with E-state index in [0.29, 0.717) is 23.6 Å². The first kappa shape index (κ1) is 25.8. The Labute approximate surface area is 222 Å². The summed E-state index contributed by atoms with van der Waals surface area (Å²) in [7, 11) is 2.02. The van der Waals surface area contributed by atoms with Crippen LogP contribution in [0.2, 0.25) is 0 Å². The summed E-state index contributed by atoms with van der Waals surface area (Å²) in [6, 6.07) is 10.9. The Morgan fingerprint density at radius 2 is 2.00 bits per heavy atom. The Balaban J connectivity index is 1.34. The van der Waals surface area contributed by atoms with Crippen molar-refractivity contribution >= 4 is 28.3 Å². The summed E-state index contributed by atoms with van der Waals surface area (Å²) < 4.78 is 16.9. The number of nitrogens with one attached hydrogen (secondary N) is 1. The number of anilines is 1. The normalized spacial score (nSPS) is 25.5. The molecule has 38 heavy (non-hydrogen) atoms. The maximum absolute atomic E-state index is 14.8. The number of Topliss-reactive ketones (excluding diaryl/α,β-unsaturated/α-hetero) is 1. The van der Waals surface area contributed by atoms with E-state index in [4.69, 9.17) is 5.26 Å². The minimum atomic E-state index is -1.44. The zero-order chi connectivity index (χ0) is 26.9. The molecule has 2 aromatic heterocycles. The predicted molar refractivity (Wildman–Crippen MR) is 146 cm³/mol. The number of carbonyl (C=O) groups is 2. The first-order valence-corrected chi connectivity index (χ1v) is 13.5. The van der Waals surface area contributed by atoms with Crippen molar-refractivity contribution in [3.05, 3.63) is 71.7 Å². The van der Waals surface area contributed by atoms with Crippen molar-refractivity contribution in [1.82, 2.24) is 9.55 Å². The first-order chi connectivity index (χ1) is 18.3. The summed E-state index contributed by atoms with van der Waals surface area (Å²) in [6.07, 6.45) is 12.7. The van der Waals surface area contributed by atoms with Crippen LogP contribution in [0.15, 0.2) is 54.9 Å². The van der Waals surface area contributed by atoms with Gasteiger partial charge in [0.25, 0.3) is 5.91 Å². The summed E-state index contributed by atoms with van der Waals surface area (Å²) >= 11 is 0. The minimum absolute atomic E-state index is 0.0767. The van der Waals surface area contributed by atoms with Gasteiger partial charge in [0.05, 0.1) is 17.6 Å². The molecule has 0 aliphatic heterocycles. The highest BCUT2D eigenvalue weighted by atomic mass is 19.1. The second-order valence-electron chi connectivity index (χ2n) is 10.8. The molecule has 1 amide bonds. The van der Waals surface area contributed by atoms with Crippen LogP contribution in [0.4, 0.5) is 10.1 Å². The Kier molecular flexibility index (Phi) is 7.16. The van der Waals surface area contributed by atoms with E-state index in [1.807, 2.05) is 31.3 Å². The van der Waals surface area contributed by atoms with Crippen molar-refractivity contribution in [2.75, 3.05) is 5.32 Å². The van der Waals surface area contributed by atoms with E-state index < -0.39 is 11.6 Å². The van der Waals surface area contributed by atoms with E-state index in [0.717, 1.165) is 49.4 Å². The summed E-state index contributed by atoms with van der Waals surface area (Å²) in [5.41, 5.74) is 2.09. The minimum Gasteiger partial charge on any atom is -0.350 e. The number of allylic oxidation sites excluding steroid dienone is 2. The van der Waals surface area contributed by atoms with Gasteiger partial charge in [0, 0.05) is 41.9 Å². The molecule has 3 aromatic rings. The number of hydrogen-bond acceptors (Lipinski definition) is 4. The van der Waals surface area contributed by atoms with Gasteiger partial charge in [-0.25, -0.2) is 4.39 Å². The molecule has 0 saturated heterocycles. The molecule has 4 atom stereocenters. The number of pyridine rings is 1. The molecular weight excluding hydrogens is 479 g/mol. The standard InChI is InChI=1S/C31H33FN4O2/c1-3-13-31(32)17-26(31)29(37)22-7-5-4-6-21(8-9-22)25-19-36(2)28-11-10-23(16-24(25)28)35-30(38)27-15-20(18-33)12-14-34-27/h3,10-16,19,21-22,26H,4-9,17H2,1-2H3,(H,35,38). The van der Waals surface area contributed by atoms with Crippen molar-refractivity contribution in [2.24, 2.45) is 18.9 Å². The number of rotatable bonds is 6. The third kappa shape index (κ3) is 5.13. The monoisotopic (exact) mass is 512 g/mol. The molecule has 196 valence electrons. The molecule has 0 radical (unpaired) electrons. The van der Waals surface area contributed by atoms with Crippen LogP contribution in [-0.4, -0.2) is 26.9 Å². The van der Waals surface area contributed by atoms with Gasteiger partial charge in [-0.3, -0.25) is 14.6 Å². The molecule has 2 fully saturated rings. The van der Waals surface area contributed by atoms with Gasteiger partial charge in [0.15, 0.2) is 0 Å². The van der Waals surface area contributed by atoms with Gasteiger partial charge in [-0.1, -0.05) is 25.0 Å². The Morgan fingerprint density at radius 1 is 1.18 bits per heavy atom. The fourth-order valence-corrected chi connectivity index (χ4v) is 6.05. The molecule has 2 heterocycles. The quantitative estimate of drug-likeness (QED) is 0.376. The van der Waals surface area contributed by atoms with Crippen LogP contribution in [0.3, 0.4) is 0 Å². The van der Waals surface area contributed by atoms with E-state index >= 15 is 0 Å². The molecule has 5 rings (SSSR count). The van der Waals surface area contributed by atoms with Crippen LogP contribution in [-0.2, 0) is 11.8 Å². The van der Waals surface area contributed by atoms with Crippen molar-refractivity contribution in [3.63, 3.8) is 0 Å². The number of hydrogen-bond donors (Lipinski definition) is 1. The maximum atomic E-state index is 14.8. The number of halogens is 1. The Hall–Kier alpha value is -3.79. The molecule has 2 saturated carbocycles. The fraction of sp³-hybridized carbons (Fsp3) is 0.419. The van der Waals surface area contributed by atoms with E-state index in [9.17, 15) is 14.0 Å². The van der Waals surface area contributed by atoms with Crippen molar-refractivity contribution in [2.45, 2.75) is 63.5 Å². The van der Waals surface area contributed by atoms with Gasteiger partial charge in [-0.05, 0) is 80.8 Å². The van der Waals surface area contributed by atoms with E-state index in [1.165, 1.54) is 17.8 Å². The van der Waals surface area contributed by atoms with Gasteiger partial charge in [-0.2, -0.15) is 5.26 Å². The number of ketones is 1. The van der Waals surface area contributed by atoms with Crippen LogP contribution in [0.25, 0.3) is 10.9 Å². The molecule has 1 aromatic carbocycles. The molecule has 0 spiro atoms. The number of aromatic nitrogens is 2. The lowest BCUT2D eigenvalue weighted by Crippen LogP contribution is -2.22. The van der Waals surface area contributed by atoms with E-state index in [2.05, 4.69) is 21.1 Å². The SMILES string of the molecule is CC=CC1(F)CC1C(=O)C1CCCCC(c2cn(C)c3ccc(NC(=O)c4cc(C#N)ccn4)cc23)CC1. The highest BCUT2D eigenvalue weighted by molar-refractivity contribution is 6.04. The smallest absolute Gasteiger partial charge is 0.274 e. The molecule has 1 N–H and O–H groups in total. The number of fused-ring (bicyclic) bond motifs is 1. The molecule has 4 unspecified atom stereocenters. The number of amides is 1. The number of alkyl halides is 1. The topological polar surface area (TPSA) is 87.8 Å². The number of carbonyl (C=O) groups excluding carboxylic acids is 2. The van der Waals surface area contributed by atoms with Crippen molar-refractivity contribution in [1.29, 1.82) is 5.26 Å². The molecular formula is C31H33FN4O2. The summed E-state index contributed by atoms with van der Waals surface area (Å²) in [5.74, 6) is -0.531. The van der Waals surface area contributed by atoms with Crippen LogP contribution < -0.4 is 5.32 Å². The number of benzene rings is 1. The molecule has 2 aliphatic carbocycles. The predicted octanol–water partition coefficient (Wildman–Crippen LogP) is 6.62. The van der Waals surface area contributed by atoms with Gasteiger partial charge >= 0.3 is 0 Å². The lowest BCUT2D eigenvalue weighted by atomic mass is 9.79. The average Bonchev–Trinajstić information content (AvgIpc) is 3.46. The number of nitriles is 1. The van der Waals surface area contributed by atoms with Gasteiger partial charge in [-0.15, -0.1) is 0 Å². The third-order valence-corrected chi connectivity index (χ3v) is 8.18. The highest BCUT2D eigenvalue weighted by Gasteiger charge is 2.58. The van der Waals surface area contributed by atoms with Gasteiger partial charge < -0.3 is 9.88 Å². The number of aryl methyl sites for hydroxylation is 1. The fourth-order valence-electron chi connectivity index (χ4n) is 6.05. The average molecular weight is 513 g/mol. The molecule has 2 aliphatic rings. The van der Waals surface area contributed by atoms with Crippen molar-refractivity contribution in [3.8, 4) is 6.07 Å². The summed E-state index contributed by atoms with van der Waals surface area (Å²) in [4.78, 5) is 30.0. The van der Waals surface area contributed by atoms with Crippen molar-refractivity contribution < 1.29 is 14.0 Å². The zero-order valence-corrected chi connectivity index (χ0v) is 21.9. The lowest BCUT2D eigenvalue weighted by Gasteiger charge is -2.24. The van der Waals surface area contributed by atoms with Gasteiger partial charge in [0.2, 0.25) is 0 Å². The second-order valence-corrected chi connectivity index (χ2v) is 10.8. The molecule has 0 bridgehead atoms. The second kappa shape index (κ2) is 10.5. The molecule has 6 nitrogen and oxygen atoms in total. The summed E-state index contributed by atoms with van der Waals surface area (Å²) in [5, 5.41) is 13.1. The Morgan fingerprint density at radius 3 is 2.79 bits per heavy atom. The van der Waals surface area contributed by atoms with Crippen LogP contribution in [0, 0.1) is 23.2 Å². The Bertz CT molecular complexity index is 1450. The molecule has 7 heteroatoms. The largest absolute Gasteiger partial charge is 0.350 e. The van der Waals surface area contributed by atoms with E-state index in [1.54, 1.807) is 25.1 Å². The van der Waals surface area contributed by atoms with Crippen LogP contribution in [0.5, 0.6) is 0 Å².